The summed E-state index contributed by atoms with van der Waals surface area (Å²) >= 11 is 1.01. The van der Waals surface area contributed by atoms with Gasteiger partial charge >= 0.3 is 5.97 Å². The fourth-order valence-corrected chi connectivity index (χ4v) is 1.63. The zero-order chi connectivity index (χ0) is 10.6. The Balaban J connectivity index is 3.04. The number of rotatable bonds is 3. The first-order valence-electron chi connectivity index (χ1n) is 3.67. The second-order valence-corrected chi connectivity index (χ2v) is 3.41. The molecule has 0 saturated heterocycles. The highest BCUT2D eigenvalue weighted by Crippen LogP contribution is 2.23. The van der Waals surface area contributed by atoms with E-state index in [-0.39, 0.29) is 16.2 Å². The van der Waals surface area contributed by atoms with E-state index in [2.05, 4.69) is 0 Å². The first-order valence-corrected chi connectivity index (χ1v) is 4.66. The largest absolute Gasteiger partial charge is 0.478 e. The zero-order valence-electron chi connectivity index (χ0n) is 7.03. The average molecular weight is 211 g/mol. The summed E-state index contributed by atoms with van der Waals surface area (Å²) in [6, 6.07) is 5.24. The highest BCUT2D eigenvalue weighted by atomic mass is 32.2. The molecule has 0 unspecified atom stereocenters. The van der Waals surface area contributed by atoms with E-state index in [0.717, 1.165) is 23.9 Å². The monoisotopic (exact) mass is 211 g/mol. The number of carboxylic acid groups (broad SMARTS) is 1. The summed E-state index contributed by atoms with van der Waals surface area (Å²) in [5, 5.41) is 17.1. The van der Waals surface area contributed by atoms with Gasteiger partial charge in [0.05, 0.1) is 17.4 Å². The number of carbonyl (C=O) groups is 1. The van der Waals surface area contributed by atoms with Gasteiger partial charge in [-0.2, -0.15) is 5.26 Å². The first-order chi connectivity index (χ1) is 6.65. The maximum atomic E-state index is 12.7. The Morgan fingerprint density at radius 2 is 2.36 bits per heavy atom. The second kappa shape index (κ2) is 4.63. The third kappa shape index (κ3) is 2.47. The molecule has 5 heteroatoms. The molecule has 0 aliphatic heterocycles. The van der Waals surface area contributed by atoms with Crippen LogP contribution >= 0.6 is 11.8 Å². The smallest absolute Gasteiger partial charge is 0.336 e. The molecule has 0 radical (unpaired) electrons. The van der Waals surface area contributed by atoms with Crippen LogP contribution in [-0.4, -0.2) is 16.8 Å². The van der Waals surface area contributed by atoms with E-state index >= 15 is 0 Å². The molecule has 0 aliphatic carbocycles. The maximum Gasteiger partial charge on any atom is 0.336 e. The third-order valence-corrected chi connectivity index (χ3v) is 2.39. The summed E-state index contributed by atoms with van der Waals surface area (Å²) in [6.07, 6.45) is 0. The van der Waals surface area contributed by atoms with Crippen LogP contribution in [0, 0.1) is 17.1 Å². The Bertz CT molecular complexity index is 400. The molecule has 0 aliphatic rings. The quantitative estimate of drug-likeness (QED) is 0.778. The first kappa shape index (κ1) is 10.5. The van der Waals surface area contributed by atoms with E-state index < -0.39 is 11.8 Å². The van der Waals surface area contributed by atoms with Gasteiger partial charge in [0.25, 0.3) is 0 Å². The molecule has 1 aromatic rings. The van der Waals surface area contributed by atoms with Crippen LogP contribution in [0.15, 0.2) is 23.1 Å². The zero-order valence-corrected chi connectivity index (χ0v) is 7.84. The third-order valence-electron chi connectivity index (χ3n) is 1.47. The van der Waals surface area contributed by atoms with Crippen molar-refractivity contribution in [2.75, 3.05) is 5.75 Å². The highest BCUT2D eigenvalue weighted by Gasteiger charge is 2.10. The van der Waals surface area contributed by atoms with Crippen LogP contribution < -0.4 is 0 Å². The van der Waals surface area contributed by atoms with Crippen molar-refractivity contribution >= 4 is 17.7 Å². The minimum absolute atomic E-state index is 0.0200. The average Bonchev–Trinajstić information content (AvgIpc) is 2.14. The lowest BCUT2D eigenvalue weighted by molar-refractivity contribution is 0.0693. The van der Waals surface area contributed by atoms with E-state index in [1.165, 1.54) is 6.07 Å². The number of nitriles is 1. The fourth-order valence-electron chi connectivity index (χ4n) is 0.902. The molecule has 72 valence electrons. The van der Waals surface area contributed by atoms with Gasteiger partial charge in [-0.15, -0.1) is 11.8 Å². The van der Waals surface area contributed by atoms with E-state index in [1.807, 2.05) is 6.07 Å². The number of hydrogen-bond acceptors (Lipinski definition) is 3. The molecule has 0 amide bonds. The molecule has 14 heavy (non-hydrogen) atoms. The SMILES string of the molecule is N#CCSc1cc(F)ccc1C(=O)O. The molecular weight excluding hydrogens is 205 g/mol. The summed E-state index contributed by atoms with van der Waals surface area (Å²) in [4.78, 5) is 11.0. The molecule has 1 aromatic carbocycles. The topological polar surface area (TPSA) is 61.1 Å². The number of halogens is 1. The Morgan fingerprint density at radius 1 is 1.64 bits per heavy atom. The number of thioether (sulfide) groups is 1. The summed E-state index contributed by atoms with van der Waals surface area (Å²) in [5.41, 5.74) is 0.0200. The van der Waals surface area contributed by atoms with Crippen LogP contribution in [-0.2, 0) is 0 Å². The van der Waals surface area contributed by atoms with Gasteiger partial charge in [0.2, 0.25) is 0 Å². The van der Waals surface area contributed by atoms with Gasteiger partial charge in [0.1, 0.15) is 5.82 Å². The molecule has 0 fully saturated rings. The van der Waals surface area contributed by atoms with E-state index in [9.17, 15) is 9.18 Å². The van der Waals surface area contributed by atoms with Crippen LogP contribution in [0.2, 0.25) is 0 Å². The van der Waals surface area contributed by atoms with Gasteiger partial charge in [-0.05, 0) is 18.2 Å². The molecule has 0 aromatic heterocycles. The molecule has 0 heterocycles. The van der Waals surface area contributed by atoms with Crippen molar-refractivity contribution in [3.05, 3.63) is 29.6 Å². The number of hydrogen-bond donors (Lipinski definition) is 1. The van der Waals surface area contributed by atoms with Gasteiger partial charge < -0.3 is 5.11 Å². The summed E-state index contributed by atoms with van der Waals surface area (Å²) in [7, 11) is 0. The van der Waals surface area contributed by atoms with Crippen LogP contribution in [0.5, 0.6) is 0 Å². The number of benzene rings is 1. The maximum absolute atomic E-state index is 12.7. The van der Waals surface area contributed by atoms with E-state index in [4.69, 9.17) is 10.4 Å². The van der Waals surface area contributed by atoms with Crippen LogP contribution in [0.4, 0.5) is 4.39 Å². The predicted octanol–water partition coefficient (Wildman–Crippen LogP) is 2.14. The molecule has 0 atom stereocenters. The molecule has 1 rings (SSSR count). The van der Waals surface area contributed by atoms with Crippen LogP contribution in [0.1, 0.15) is 10.4 Å². The highest BCUT2D eigenvalue weighted by molar-refractivity contribution is 7.99. The van der Waals surface area contributed by atoms with Crippen molar-refractivity contribution in [1.82, 2.24) is 0 Å². The Morgan fingerprint density at radius 3 is 2.93 bits per heavy atom. The van der Waals surface area contributed by atoms with Crippen molar-refractivity contribution in [2.45, 2.75) is 4.90 Å². The van der Waals surface area contributed by atoms with E-state index in [0.29, 0.717) is 0 Å². The van der Waals surface area contributed by atoms with Crippen molar-refractivity contribution in [3.63, 3.8) is 0 Å². The molecule has 0 bridgehead atoms. The lowest BCUT2D eigenvalue weighted by Gasteiger charge is -2.02. The van der Waals surface area contributed by atoms with E-state index in [1.54, 1.807) is 0 Å². The predicted molar refractivity (Wildman–Crippen MR) is 49.7 cm³/mol. The van der Waals surface area contributed by atoms with Gasteiger partial charge in [-0.25, -0.2) is 9.18 Å². The van der Waals surface area contributed by atoms with Crippen molar-refractivity contribution in [1.29, 1.82) is 5.26 Å². The normalized spacial score (nSPS) is 9.43. The van der Waals surface area contributed by atoms with Crippen LogP contribution in [0.25, 0.3) is 0 Å². The van der Waals surface area contributed by atoms with Crippen LogP contribution in [0.3, 0.4) is 0 Å². The van der Waals surface area contributed by atoms with Gasteiger partial charge in [0, 0.05) is 4.90 Å². The van der Waals surface area contributed by atoms with Gasteiger partial charge in [0.15, 0.2) is 0 Å². The Kier molecular flexibility index (Phi) is 3.48. The minimum atomic E-state index is -1.12. The fraction of sp³-hybridized carbons (Fsp3) is 0.111. The van der Waals surface area contributed by atoms with Gasteiger partial charge in [-0.1, -0.05) is 0 Å². The second-order valence-electron chi connectivity index (χ2n) is 2.39. The van der Waals surface area contributed by atoms with Crippen molar-refractivity contribution < 1.29 is 14.3 Å². The van der Waals surface area contributed by atoms with Crippen molar-refractivity contribution in [2.24, 2.45) is 0 Å². The lowest BCUT2D eigenvalue weighted by Crippen LogP contribution is -1.99. The summed E-state index contributed by atoms with van der Waals surface area (Å²) < 4.78 is 12.7. The lowest BCUT2D eigenvalue weighted by atomic mass is 10.2. The number of aromatic carboxylic acids is 1. The summed E-state index contributed by atoms with van der Waals surface area (Å²) in [6.45, 7) is 0. The van der Waals surface area contributed by atoms with Gasteiger partial charge in [-0.3, -0.25) is 0 Å². The molecule has 3 nitrogen and oxygen atoms in total. The molecule has 0 saturated carbocycles. The number of nitrogens with zero attached hydrogens (tertiary/aromatic N) is 1. The molecule has 1 N–H and O–H groups in total. The molecule has 0 spiro atoms. The summed E-state index contributed by atoms with van der Waals surface area (Å²) in [5.74, 6) is -1.52. The Hall–Kier alpha value is -1.54. The van der Waals surface area contributed by atoms with Crippen molar-refractivity contribution in [3.8, 4) is 6.07 Å². The number of carboxylic acids is 1. The standard InChI is InChI=1S/C9H6FNO2S/c10-6-1-2-7(9(12)13)8(5-6)14-4-3-11/h1-2,5H,4H2,(H,12,13). The molecular formula is C9H6FNO2S. The Labute approximate surface area is 84.2 Å². The minimum Gasteiger partial charge on any atom is -0.478 e.